The third-order valence-electron chi connectivity index (χ3n) is 3.74. The molecular weight excluding hydrogens is 192 g/mol. The molecule has 0 spiro atoms. The van der Waals surface area contributed by atoms with Crippen molar-refractivity contribution in [2.24, 2.45) is 17.1 Å². The van der Waals surface area contributed by atoms with Crippen molar-refractivity contribution < 1.29 is 9.53 Å². The number of hydrogen-bond acceptors (Lipinski definition) is 3. The zero-order valence-corrected chi connectivity index (χ0v) is 9.29. The molecule has 1 unspecified atom stereocenters. The minimum Gasteiger partial charge on any atom is -0.370 e. The summed E-state index contributed by atoms with van der Waals surface area (Å²) in [6, 6.07) is 0. The number of amides is 1. The Labute approximate surface area is 90.5 Å². The lowest BCUT2D eigenvalue weighted by Crippen LogP contribution is -2.43. The van der Waals surface area contributed by atoms with Gasteiger partial charge in [-0.05, 0) is 37.0 Å². The van der Waals surface area contributed by atoms with Gasteiger partial charge < -0.3 is 15.8 Å². The van der Waals surface area contributed by atoms with E-state index in [0.717, 1.165) is 12.5 Å². The van der Waals surface area contributed by atoms with E-state index in [1.165, 1.54) is 32.8 Å². The Morgan fingerprint density at radius 1 is 1.60 bits per heavy atom. The first-order chi connectivity index (χ1) is 7.22. The van der Waals surface area contributed by atoms with Crippen LogP contribution < -0.4 is 11.1 Å². The average Bonchev–Trinajstić information content (AvgIpc) is 3.08. The van der Waals surface area contributed by atoms with Gasteiger partial charge in [0.15, 0.2) is 0 Å². The molecule has 2 rings (SSSR count). The van der Waals surface area contributed by atoms with Gasteiger partial charge in [0.05, 0.1) is 0 Å². The summed E-state index contributed by atoms with van der Waals surface area (Å²) in [7, 11) is 1.52. The molecule has 1 amide bonds. The Balaban J connectivity index is 1.75. The molecule has 0 aromatic rings. The number of hydrogen-bond donors (Lipinski definition) is 2. The molecule has 0 aromatic heterocycles. The maximum Gasteiger partial charge on any atom is 0.250 e. The summed E-state index contributed by atoms with van der Waals surface area (Å²) in [4.78, 5) is 11.6. The van der Waals surface area contributed by atoms with Crippen LogP contribution in [-0.4, -0.2) is 32.2 Å². The van der Waals surface area contributed by atoms with Crippen molar-refractivity contribution in [1.82, 2.24) is 5.32 Å². The summed E-state index contributed by atoms with van der Waals surface area (Å²) in [6.07, 6.45) is 4.76. The van der Waals surface area contributed by atoms with Gasteiger partial charge in [0, 0.05) is 20.2 Å². The average molecular weight is 212 g/mol. The molecule has 15 heavy (non-hydrogen) atoms. The normalized spacial score (nSPS) is 24.7. The second kappa shape index (κ2) is 4.10. The second-order valence-electron chi connectivity index (χ2n) is 4.81. The van der Waals surface area contributed by atoms with Gasteiger partial charge in [0.25, 0.3) is 0 Å². The van der Waals surface area contributed by atoms with Crippen molar-refractivity contribution in [3.05, 3.63) is 0 Å². The van der Waals surface area contributed by atoms with Crippen LogP contribution in [0.2, 0.25) is 0 Å². The van der Waals surface area contributed by atoms with Crippen LogP contribution in [0.5, 0.6) is 0 Å². The minimum absolute atomic E-state index is 0.0630. The molecule has 4 heteroatoms. The van der Waals surface area contributed by atoms with E-state index in [1.807, 2.05) is 0 Å². The summed E-state index contributed by atoms with van der Waals surface area (Å²) in [5.41, 5.74) is 5.87. The lowest BCUT2D eigenvalue weighted by Gasteiger charge is -2.18. The molecule has 86 valence electrons. The fourth-order valence-electron chi connectivity index (χ4n) is 2.27. The van der Waals surface area contributed by atoms with Crippen LogP contribution in [0.1, 0.15) is 25.7 Å². The maximum atomic E-state index is 11.6. The van der Waals surface area contributed by atoms with Gasteiger partial charge in [0.2, 0.25) is 5.91 Å². The van der Waals surface area contributed by atoms with Gasteiger partial charge in [-0.1, -0.05) is 0 Å². The fourth-order valence-corrected chi connectivity index (χ4v) is 2.27. The van der Waals surface area contributed by atoms with Crippen LogP contribution in [0.25, 0.3) is 0 Å². The highest BCUT2D eigenvalue weighted by atomic mass is 16.5. The first-order valence-electron chi connectivity index (χ1n) is 5.72. The largest absolute Gasteiger partial charge is 0.370 e. The quantitative estimate of drug-likeness (QED) is 0.664. The molecule has 3 N–H and O–H groups in total. The van der Waals surface area contributed by atoms with E-state index in [-0.39, 0.29) is 12.5 Å². The highest BCUT2D eigenvalue weighted by Gasteiger charge is 2.53. The fraction of sp³-hybridized carbons (Fsp3) is 0.909. The highest BCUT2D eigenvalue weighted by molar-refractivity contribution is 5.81. The molecule has 2 aliphatic rings. The number of carbonyl (C=O) groups is 1. The number of carbonyl (C=O) groups excluding carboxylic acids is 1. The van der Waals surface area contributed by atoms with Crippen LogP contribution in [0.15, 0.2) is 0 Å². The van der Waals surface area contributed by atoms with Crippen molar-refractivity contribution in [3.63, 3.8) is 0 Å². The van der Waals surface area contributed by atoms with E-state index in [2.05, 4.69) is 5.32 Å². The zero-order chi connectivity index (χ0) is 10.9. The topological polar surface area (TPSA) is 64.3 Å². The SMILES string of the molecule is COC(CN)C(=O)NCC1(C2CC2)CC1. The van der Waals surface area contributed by atoms with E-state index in [0.29, 0.717) is 5.41 Å². The smallest absolute Gasteiger partial charge is 0.250 e. The van der Waals surface area contributed by atoms with Crippen LogP contribution >= 0.6 is 0 Å². The number of nitrogens with one attached hydrogen (secondary N) is 1. The zero-order valence-electron chi connectivity index (χ0n) is 9.29. The van der Waals surface area contributed by atoms with E-state index >= 15 is 0 Å². The first-order valence-corrected chi connectivity index (χ1v) is 5.72. The lowest BCUT2D eigenvalue weighted by atomic mass is 10.0. The Bertz CT molecular complexity index is 243. The Morgan fingerprint density at radius 3 is 2.67 bits per heavy atom. The van der Waals surface area contributed by atoms with Gasteiger partial charge in [0.1, 0.15) is 6.10 Å². The predicted molar refractivity (Wildman–Crippen MR) is 57.3 cm³/mol. The van der Waals surface area contributed by atoms with Crippen LogP contribution in [0, 0.1) is 11.3 Å². The Hall–Kier alpha value is -0.610. The standard InChI is InChI=1S/C11H20N2O2/c1-15-9(6-12)10(14)13-7-11(4-5-11)8-2-3-8/h8-9H,2-7,12H2,1H3,(H,13,14). The van der Waals surface area contributed by atoms with Crippen LogP contribution in [0.3, 0.4) is 0 Å². The number of rotatable bonds is 6. The Morgan fingerprint density at radius 2 is 2.27 bits per heavy atom. The van der Waals surface area contributed by atoms with Gasteiger partial charge in [-0.2, -0.15) is 0 Å². The number of nitrogens with two attached hydrogens (primary N) is 1. The van der Waals surface area contributed by atoms with Gasteiger partial charge in [-0.3, -0.25) is 4.79 Å². The van der Waals surface area contributed by atoms with E-state index < -0.39 is 6.10 Å². The summed E-state index contributed by atoms with van der Waals surface area (Å²) in [5, 5.41) is 2.96. The van der Waals surface area contributed by atoms with Gasteiger partial charge in [-0.25, -0.2) is 0 Å². The van der Waals surface area contributed by atoms with Crippen LogP contribution in [-0.2, 0) is 9.53 Å². The predicted octanol–water partition coefficient (Wildman–Crippen LogP) is 0.267. The van der Waals surface area contributed by atoms with E-state index in [1.54, 1.807) is 0 Å². The monoisotopic (exact) mass is 212 g/mol. The molecule has 0 saturated heterocycles. The molecule has 2 saturated carbocycles. The molecule has 0 radical (unpaired) electrons. The maximum absolute atomic E-state index is 11.6. The lowest BCUT2D eigenvalue weighted by molar-refractivity contribution is -0.130. The molecule has 0 aromatic carbocycles. The van der Waals surface area contributed by atoms with Gasteiger partial charge >= 0.3 is 0 Å². The third-order valence-corrected chi connectivity index (χ3v) is 3.74. The summed E-state index contributed by atoms with van der Waals surface area (Å²) in [6.45, 7) is 1.06. The molecule has 2 fully saturated rings. The van der Waals surface area contributed by atoms with Crippen molar-refractivity contribution in [1.29, 1.82) is 0 Å². The van der Waals surface area contributed by atoms with Crippen molar-refractivity contribution in [2.75, 3.05) is 20.2 Å². The summed E-state index contributed by atoms with van der Waals surface area (Å²) < 4.78 is 4.99. The van der Waals surface area contributed by atoms with E-state index in [9.17, 15) is 4.79 Å². The molecule has 0 bridgehead atoms. The number of ether oxygens (including phenoxy) is 1. The third kappa shape index (κ3) is 2.32. The molecule has 0 aliphatic heterocycles. The first kappa shape index (κ1) is 10.9. The van der Waals surface area contributed by atoms with Gasteiger partial charge in [-0.15, -0.1) is 0 Å². The second-order valence-corrected chi connectivity index (χ2v) is 4.81. The summed E-state index contributed by atoms with van der Waals surface area (Å²) >= 11 is 0. The molecule has 0 heterocycles. The van der Waals surface area contributed by atoms with Crippen LogP contribution in [0.4, 0.5) is 0 Å². The highest BCUT2D eigenvalue weighted by Crippen LogP contribution is 2.60. The molecular formula is C11H20N2O2. The summed E-state index contributed by atoms with van der Waals surface area (Å²) in [5.74, 6) is 0.809. The Kier molecular flexibility index (Phi) is 2.98. The molecule has 2 aliphatic carbocycles. The van der Waals surface area contributed by atoms with Crippen molar-refractivity contribution >= 4 is 5.91 Å². The minimum atomic E-state index is -0.486. The molecule has 1 atom stereocenters. The van der Waals surface area contributed by atoms with Crippen molar-refractivity contribution in [2.45, 2.75) is 31.8 Å². The van der Waals surface area contributed by atoms with Crippen molar-refractivity contribution in [3.8, 4) is 0 Å². The number of methoxy groups -OCH3 is 1. The van der Waals surface area contributed by atoms with E-state index in [4.69, 9.17) is 10.5 Å². The molecule has 4 nitrogen and oxygen atoms in total.